The number of rotatable bonds is 6. The maximum atomic E-state index is 13.2. The zero-order valence-corrected chi connectivity index (χ0v) is 18.2. The lowest BCUT2D eigenvalue weighted by Crippen LogP contribution is -2.52. The van der Waals surface area contributed by atoms with Crippen molar-refractivity contribution in [3.8, 4) is 11.3 Å². The normalized spacial score (nSPS) is 14.3. The van der Waals surface area contributed by atoms with E-state index >= 15 is 0 Å². The second kappa shape index (κ2) is 10.1. The lowest BCUT2D eigenvalue weighted by molar-refractivity contribution is -0.138. The number of benzene rings is 2. The molecule has 3 aromatic rings. The van der Waals surface area contributed by atoms with Gasteiger partial charge in [-0.25, -0.2) is 0 Å². The molecule has 2 heterocycles. The number of carbonyl (C=O) groups excluding carboxylic acids is 2. The van der Waals surface area contributed by atoms with Crippen LogP contribution in [0, 0.1) is 0 Å². The monoisotopic (exact) mass is 472 g/mol. The molecular weight excluding hydrogens is 449 g/mol. The van der Waals surface area contributed by atoms with Crippen LogP contribution >= 0.6 is 0 Å². The van der Waals surface area contributed by atoms with E-state index in [0.717, 1.165) is 11.6 Å². The highest BCUT2D eigenvalue weighted by atomic mass is 19.4. The predicted octanol–water partition coefficient (Wildman–Crippen LogP) is 3.43. The van der Waals surface area contributed by atoms with Crippen molar-refractivity contribution in [3.63, 3.8) is 0 Å². The van der Waals surface area contributed by atoms with Crippen molar-refractivity contribution in [2.75, 3.05) is 32.7 Å². The van der Waals surface area contributed by atoms with Gasteiger partial charge in [-0.1, -0.05) is 47.6 Å². The molecule has 1 fully saturated rings. The molecule has 2 amide bonds. The molecule has 1 N–H and O–H groups in total. The topological polar surface area (TPSA) is 78.7 Å². The molecule has 4 rings (SSSR count). The molecule has 34 heavy (non-hydrogen) atoms. The molecular formula is C24H23F3N4O3. The van der Waals surface area contributed by atoms with Gasteiger partial charge in [0.1, 0.15) is 0 Å². The van der Waals surface area contributed by atoms with Gasteiger partial charge in [-0.15, -0.1) is 0 Å². The molecule has 178 valence electrons. The quantitative estimate of drug-likeness (QED) is 0.595. The van der Waals surface area contributed by atoms with Crippen molar-refractivity contribution in [2.45, 2.75) is 12.7 Å². The first-order valence-electron chi connectivity index (χ1n) is 10.8. The van der Waals surface area contributed by atoms with Crippen LogP contribution in [0.5, 0.6) is 0 Å². The van der Waals surface area contributed by atoms with Gasteiger partial charge in [-0.3, -0.25) is 9.59 Å². The third-order valence-electron chi connectivity index (χ3n) is 5.58. The van der Waals surface area contributed by atoms with Crippen LogP contribution in [0.1, 0.15) is 21.6 Å². The highest BCUT2D eigenvalue weighted by Gasteiger charge is 2.36. The molecule has 10 heteroatoms. The number of nitrogens with one attached hydrogen (secondary N) is 1. The van der Waals surface area contributed by atoms with Gasteiger partial charge in [0, 0.05) is 44.4 Å². The standard InChI is InChI=1S/C24H23F3N4O3/c25-24(26,27)20-9-5-4-8-19(20)23(33)31-12-10-30(11-13-31)22(32)16-28-15-18-14-21(34-29-18)17-6-2-1-3-7-17/h1-9,14,28H,10-13,15-16H2. The van der Waals surface area contributed by atoms with E-state index < -0.39 is 17.6 Å². The van der Waals surface area contributed by atoms with E-state index in [-0.39, 0.29) is 44.2 Å². The zero-order valence-electron chi connectivity index (χ0n) is 18.2. The summed E-state index contributed by atoms with van der Waals surface area (Å²) in [5, 5.41) is 7.03. The van der Waals surface area contributed by atoms with Crippen LogP contribution in [0.4, 0.5) is 13.2 Å². The fourth-order valence-corrected chi connectivity index (χ4v) is 3.79. The number of alkyl halides is 3. The van der Waals surface area contributed by atoms with Gasteiger partial charge < -0.3 is 19.6 Å². The molecule has 2 aromatic carbocycles. The summed E-state index contributed by atoms with van der Waals surface area (Å²) in [6.07, 6.45) is -4.61. The van der Waals surface area contributed by atoms with Gasteiger partial charge in [0.2, 0.25) is 5.91 Å². The molecule has 0 atom stereocenters. The largest absolute Gasteiger partial charge is 0.417 e. The summed E-state index contributed by atoms with van der Waals surface area (Å²) < 4.78 is 45.0. The number of hydrogen-bond acceptors (Lipinski definition) is 5. The maximum Gasteiger partial charge on any atom is 0.417 e. The van der Waals surface area contributed by atoms with Crippen molar-refractivity contribution in [2.24, 2.45) is 0 Å². The average Bonchev–Trinajstić information content (AvgIpc) is 3.32. The van der Waals surface area contributed by atoms with Crippen LogP contribution < -0.4 is 5.32 Å². The van der Waals surface area contributed by atoms with Gasteiger partial charge in [0.05, 0.1) is 23.4 Å². The van der Waals surface area contributed by atoms with Gasteiger partial charge in [0.25, 0.3) is 5.91 Å². The molecule has 0 unspecified atom stereocenters. The number of amides is 2. The molecule has 0 radical (unpaired) electrons. The fraction of sp³-hybridized carbons (Fsp3) is 0.292. The first-order valence-corrected chi connectivity index (χ1v) is 10.8. The Morgan fingerprint density at radius 1 is 0.941 bits per heavy atom. The third-order valence-corrected chi connectivity index (χ3v) is 5.58. The fourth-order valence-electron chi connectivity index (χ4n) is 3.79. The molecule has 1 aliphatic rings. The van der Waals surface area contributed by atoms with Crippen LogP contribution in [-0.4, -0.2) is 59.5 Å². The molecule has 0 aliphatic carbocycles. The van der Waals surface area contributed by atoms with E-state index in [2.05, 4.69) is 10.5 Å². The van der Waals surface area contributed by atoms with E-state index in [1.807, 2.05) is 30.3 Å². The Labute approximate surface area is 194 Å². The molecule has 1 aliphatic heterocycles. The molecule has 7 nitrogen and oxygen atoms in total. The molecule has 1 saturated heterocycles. The van der Waals surface area contributed by atoms with Gasteiger partial charge in [-0.05, 0) is 12.1 Å². The lowest BCUT2D eigenvalue weighted by Gasteiger charge is -2.35. The Kier molecular flexibility index (Phi) is 6.97. The van der Waals surface area contributed by atoms with Crippen molar-refractivity contribution in [3.05, 3.63) is 77.5 Å². The summed E-state index contributed by atoms with van der Waals surface area (Å²) in [4.78, 5) is 28.1. The predicted molar refractivity (Wildman–Crippen MR) is 118 cm³/mol. The highest BCUT2D eigenvalue weighted by Crippen LogP contribution is 2.32. The second-order valence-corrected chi connectivity index (χ2v) is 7.87. The third kappa shape index (κ3) is 5.45. The van der Waals surface area contributed by atoms with Crippen LogP contribution in [0.25, 0.3) is 11.3 Å². The van der Waals surface area contributed by atoms with Crippen molar-refractivity contribution < 1.29 is 27.3 Å². The zero-order chi connectivity index (χ0) is 24.1. The number of hydrogen-bond donors (Lipinski definition) is 1. The summed E-state index contributed by atoms with van der Waals surface area (Å²) in [5.74, 6) is -0.204. The van der Waals surface area contributed by atoms with E-state index in [9.17, 15) is 22.8 Å². The van der Waals surface area contributed by atoms with Gasteiger partial charge in [-0.2, -0.15) is 13.2 Å². The van der Waals surface area contributed by atoms with Gasteiger partial charge in [0.15, 0.2) is 5.76 Å². The first kappa shape index (κ1) is 23.5. The van der Waals surface area contributed by atoms with E-state index in [0.29, 0.717) is 18.0 Å². The Morgan fingerprint density at radius 3 is 2.29 bits per heavy atom. The summed E-state index contributed by atoms with van der Waals surface area (Å²) in [7, 11) is 0. The maximum absolute atomic E-state index is 13.2. The molecule has 0 bridgehead atoms. The van der Waals surface area contributed by atoms with E-state index in [1.54, 1.807) is 11.0 Å². The summed E-state index contributed by atoms with van der Waals surface area (Å²) >= 11 is 0. The molecule has 0 saturated carbocycles. The van der Waals surface area contributed by atoms with Crippen LogP contribution in [0.2, 0.25) is 0 Å². The Hall–Kier alpha value is -3.66. The number of halogens is 3. The minimum atomic E-state index is -4.61. The SMILES string of the molecule is O=C(CNCc1cc(-c2ccccc2)on1)N1CCN(C(=O)c2ccccc2C(F)(F)F)CC1. The van der Waals surface area contributed by atoms with Crippen molar-refractivity contribution in [1.82, 2.24) is 20.3 Å². The van der Waals surface area contributed by atoms with Crippen LogP contribution in [0.3, 0.4) is 0 Å². The Bertz CT molecular complexity index is 1140. The number of aromatic nitrogens is 1. The first-order chi connectivity index (χ1) is 16.3. The van der Waals surface area contributed by atoms with Crippen molar-refractivity contribution >= 4 is 11.8 Å². The highest BCUT2D eigenvalue weighted by molar-refractivity contribution is 5.96. The van der Waals surface area contributed by atoms with Crippen molar-refractivity contribution in [1.29, 1.82) is 0 Å². The summed E-state index contributed by atoms with van der Waals surface area (Å²) in [5.41, 5.74) is 0.234. The number of carbonyl (C=O) groups is 2. The molecule has 1 aromatic heterocycles. The minimum Gasteiger partial charge on any atom is -0.356 e. The molecule has 0 spiro atoms. The minimum absolute atomic E-state index is 0.0678. The Morgan fingerprint density at radius 2 is 1.59 bits per heavy atom. The average molecular weight is 472 g/mol. The smallest absolute Gasteiger partial charge is 0.356 e. The second-order valence-electron chi connectivity index (χ2n) is 7.87. The van der Waals surface area contributed by atoms with Crippen LogP contribution in [-0.2, 0) is 17.5 Å². The number of piperazine rings is 1. The summed E-state index contributed by atoms with van der Waals surface area (Å²) in [6, 6.07) is 16.1. The van der Waals surface area contributed by atoms with E-state index in [4.69, 9.17) is 4.52 Å². The Balaban J connectivity index is 1.25. The van der Waals surface area contributed by atoms with E-state index in [1.165, 1.54) is 23.1 Å². The summed E-state index contributed by atoms with van der Waals surface area (Å²) in [6.45, 7) is 1.25. The lowest BCUT2D eigenvalue weighted by atomic mass is 10.1. The van der Waals surface area contributed by atoms with Crippen LogP contribution in [0.15, 0.2) is 65.2 Å². The number of nitrogens with zero attached hydrogens (tertiary/aromatic N) is 3. The van der Waals surface area contributed by atoms with Gasteiger partial charge >= 0.3 is 6.18 Å².